The Kier molecular flexibility index (Phi) is 4.36. The summed E-state index contributed by atoms with van der Waals surface area (Å²) in [6, 6.07) is 7.94. The molecule has 0 spiro atoms. The summed E-state index contributed by atoms with van der Waals surface area (Å²) in [5, 5.41) is 0.813. The van der Waals surface area contributed by atoms with E-state index in [9.17, 15) is 4.79 Å². The summed E-state index contributed by atoms with van der Waals surface area (Å²) in [7, 11) is 0. The first-order valence-corrected chi connectivity index (χ1v) is 8.71. The second-order valence-corrected chi connectivity index (χ2v) is 8.41. The largest absolute Gasteiger partial charge is 0.331 e. The molecule has 22 heavy (non-hydrogen) atoms. The first-order valence-electron chi connectivity index (χ1n) is 7.58. The van der Waals surface area contributed by atoms with Crippen molar-refractivity contribution in [2.75, 3.05) is 26.2 Å². The van der Waals surface area contributed by atoms with Crippen molar-refractivity contribution in [2.24, 2.45) is 5.41 Å². The van der Waals surface area contributed by atoms with Crippen molar-refractivity contribution >= 4 is 40.7 Å². The molecule has 1 aromatic carbocycles. The van der Waals surface area contributed by atoms with E-state index in [1.54, 1.807) is 0 Å². The van der Waals surface area contributed by atoms with Crippen LogP contribution in [0.4, 0.5) is 0 Å². The van der Waals surface area contributed by atoms with E-state index >= 15 is 0 Å². The maximum Gasteiger partial charge on any atom is 0.232 e. The van der Waals surface area contributed by atoms with Gasteiger partial charge >= 0.3 is 0 Å². The molecule has 120 valence electrons. The summed E-state index contributed by atoms with van der Waals surface area (Å²) in [6.07, 6.45) is 0.550. The van der Waals surface area contributed by atoms with E-state index in [-0.39, 0.29) is 5.91 Å². The number of carbonyl (C=O) groups is 1. The third-order valence-electron chi connectivity index (χ3n) is 4.89. The number of carbonyl (C=O) groups excluding carboxylic acids is 1. The molecule has 0 aromatic heterocycles. The van der Waals surface area contributed by atoms with Crippen LogP contribution >= 0.6 is 34.8 Å². The van der Waals surface area contributed by atoms with Crippen LogP contribution in [0.5, 0.6) is 0 Å². The number of nitrogens with zero attached hydrogens (tertiary/aromatic N) is 1. The minimum atomic E-state index is -0.883. The maximum absolute atomic E-state index is 12.5. The number of amides is 1. The van der Waals surface area contributed by atoms with Crippen LogP contribution in [0.3, 0.4) is 0 Å². The monoisotopic (exact) mass is 361 g/mol. The molecule has 1 atom stereocenters. The van der Waals surface area contributed by atoms with E-state index in [1.165, 1.54) is 4.90 Å². The van der Waals surface area contributed by atoms with Gasteiger partial charge in [0, 0.05) is 10.6 Å². The van der Waals surface area contributed by atoms with Crippen LogP contribution in [0.2, 0.25) is 5.02 Å². The summed E-state index contributed by atoms with van der Waals surface area (Å²) in [6.45, 7) is 6.09. The van der Waals surface area contributed by atoms with Gasteiger partial charge in [-0.1, -0.05) is 29.8 Å². The van der Waals surface area contributed by atoms with Crippen LogP contribution in [-0.4, -0.2) is 41.3 Å². The van der Waals surface area contributed by atoms with Gasteiger partial charge in [-0.3, -0.25) is 4.79 Å². The number of hydrogen-bond acceptors (Lipinski definition) is 1. The average molecular weight is 363 g/mol. The summed E-state index contributed by atoms with van der Waals surface area (Å²) in [5.74, 6) is 0.0919. The van der Waals surface area contributed by atoms with Crippen molar-refractivity contribution in [3.05, 3.63) is 34.9 Å². The number of benzene rings is 1. The Morgan fingerprint density at radius 2 is 1.86 bits per heavy atom. The third-order valence-corrected chi connectivity index (χ3v) is 6.36. The molecule has 1 saturated carbocycles. The zero-order chi connectivity index (χ0) is 16.0. The topological polar surface area (TPSA) is 24.8 Å². The highest BCUT2D eigenvalue weighted by Gasteiger charge is 2.68. The molecule has 0 radical (unpaired) electrons. The molecular weight excluding hydrogens is 343 g/mol. The van der Waals surface area contributed by atoms with Gasteiger partial charge in [-0.05, 0) is 19.4 Å². The molecule has 2 aliphatic rings. The highest BCUT2D eigenvalue weighted by molar-refractivity contribution is 6.53. The summed E-state index contributed by atoms with van der Waals surface area (Å²) in [5.41, 5.74) is 0.560. The van der Waals surface area contributed by atoms with Crippen molar-refractivity contribution in [3.8, 4) is 0 Å². The van der Waals surface area contributed by atoms with E-state index < -0.39 is 9.75 Å². The van der Waals surface area contributed by atoms with E-state index in [2.05, 4.69) is 6.07 Å². The Balaban J connectivity index is 1.55. The molecule has 1 amide bonds. The Labute approximate surface area is 146 Å². The number of piperazine rings is 1. The zero-order valence-electron chi connectivity index (χ0n) is 12.5. The Bertz CT molecular complexity index is 585. The standard InChI is InChI=1S/C16H19Cl3N2O/c1-15(11-16(15,18)19)14(22)21-8-6-20(7-9-21)10-12-4-2-3-5-13(12)17/h2-5H,6-11H2,1H3/p+1/t15-/m1/s1. The van der Waals surface area contributed by atoms with Crippen molar-refractivity contribution in [2.45, 2.75) is 24.2 Å². The first-order chi connectivity index (χ1) is 10.3. The van der Waals surface area contributed by atoms with Crippen LogP contribution in [0.1, 0.15) is 18.9 Å². The molecule has 1 aromatic rings. The fourth-order valence-electron chi connectivity index (χ4n) is 3.09. The van der Waals surface area contributed by atoms with Gasteiger partial charge in [-0.15, -0.1) is 23.2 Å². The van der Waals surface area contributed by atoms with Crippen LogP contribution in [0.15, 0.2) is 24.3 Å². The lowest BCUT2D eigenvalue weighted by atomic mass is 10.1. The Morgan fingerprint density at radius 1 is 1.27 bits per heavy atom. The smallest absolute Gasteiger partial charge is 0.232 e. The lowest BCUT2D eigenvalue weighted by Crippen LogP contribution is -3.13. The zero-order valence-corrected chi connectivity index (χ0v) is 14.8. The van der Waals surface area contributed by atoms with Crippen molar-refractivity contribution in [3.63, 3.8) is 0 Å². The van der Waals surface area contributed by atoms with Crippen LogP contribution in [0, 0.1) is 5.41 Å². The fourth-order valence-corrected chi connectivity index (χ4v) is 3.99. The van der Waals surface area contributed by atoms with Gasteiger partial charge in [0.2, 0.25) is 5.91 Å². The van der Waals surface area contributed by atoms with Gasteiger partial charge in [-0.25, -0.2) is 0 Å². The number of halogens is 3. The summed E-state index contributed by atoms with van der Waals surface area (Å²) in [4.78, 5) is 15.9. The Hall–Kier alpha value is -0.480. The minimum absolute atomic E-state index is 0.0919. The van der Waals surface area contributed by atoms with Gasteiger partial charge in [-0.2, -0.15) is 0 Å². The lowest BCUT2D eigenvalue weighted by molar-refractivity contribution is -0.917. The number of quaternary nitrogens is 1. The normalized spacial score (nSPS) is 27.7. The van der Waals surface area contributed by atoms with Crippen molar-refractivity contribution < 1.29 is 9.69 Å². The number of nitrogens with one attached hydrogen (secondary N) is 1. The van der Waals surface area contributed by atoms with Gasteiger partial charge in [0.25, 0.3) is 0 Å². The van der Waals surface area contributed by atoms with Crippen LogP contribution in [0.25, 0.3) is 0 Å². The highest BCUT2D eigenvalue weighted by Crippen LogP contribution is 2.64. The number of hydrogen-bond donors (Lipinski definition) is 1. The van der Waals surface area contributed by atoms with Crippen molar-refractivity contribution in [1.82, 2.24) is 4.90 Å². The number of alkyl halides is 2. The van der Waals surface area contributed by atoms with E-state index in [4.69, 9.17) is 34.8 Å². The second-order valence-electron chi connectivity index (χ2n) is 6.52. The lowest BCUT2D eigenvalue weighted by Gasteiger charge is -2.34. The molecule has 6 heteroatoms. The fraction of sp³-hybridized carbons (Fsp3) is 0.562. The third kappa shape index (κ3) is 2.96. The molecule has 1 saturated heterocycles. The maximum atomic E-state index is 12.5. The minimum Gasteiger partial charge on any atom is -0.331 e. The predicted octanol–water partition coefficient (Wildman–Crippen LogP) is 2.15. The average Bonchev–Trinajstić information content (AvgIpc) is 3.01. The van der Waals surface area contributed by atoms with Gasteiger partial charge < -0.3 is 9.80 Å². The molecule has 0 unspecified atom stereocenters. The van der Waals surface area contributed by atoms with E-state index in [1.807, 2.05) is 30.0 Å². The Morgan fingerprint density at radius 3 is 2.41 bits per heavy atom. The highest BCUT2D eigenvalue weighted by atomic mass is 35.5. The molecule has 3 rings (SSSR count). The molecule has 1 N–H and O–H groups in total. The van der Waals surface area contributed by atoms with Gasteiger partial charge in [0.1, 0.15) is 10.9 Å². The molecule has 2 fully saturated rings. The molecule has 1 aliphatic carbocycles. The van der Waals surface area contributed by atoms with Crippen LogP contribution in [-0.2, 0) is 11.3 Å². The van der Waals surface area contributed by atoms with Crippen molar-refractivity contribution in [1.29, 1.82) is 0 Å². The first kappa shape index (κ1) is 16.4. The summed E-state index contributed by atoms with van der Waals surface area (Å²) < 4.78 is -0.883. The van der Waals surface area contributed by atoms with E-state index in [0.29, 0.717) is 6.42 Å². The number of rotatable bonds is 3. The van der Waals surface area contributed by atoms with Crippen LogP contribution < -0.4 is 4.90 Å². The summed E-state index contributed by atoms with van der Waals surface area (Å²) >= 11 is 18.4. The van der Waals surface area contributed by atoms with E-state index in [0.717, 1.165) is 43.3 Å². The van der Waals surface area contributed by atoms with Gasteiger partial charge in [0.05, 0.1) is 31.6 Å². The SMILES string of the molecule is C[C@]1(C(=O)N2CC[NH+](Cc3ccccc3Cl)CC2)CC1(Cl)Cl. The molecule has 1 aliphatic heterocycles. The molecular formula is C16H20Cl3N2O+. The molecule has 3 nitrogen and oxygen atoms in total. The quantitative estimate of drug-likeness (QED) is 0.819. The second kappa shape index (κ2) is 5.86. The van der Waals surface area contributed by atoms with Gasteiger partial charge in [0.15, 0.2) is 0 Å². The molecule has 0 bridgehead atoms. The molecule has 1 heterocycles. The predicted molar refractivity (Wildman–Crippen MR) is 89.6 cm³/mol.